The van der Waals surface area contributed by atoms with E-state index in [2.05, 4.69) is 15.6 Å². The van der Waals surface area contributed by atoms with Gasteiger partial charge in [-0.2, -0.15) is 0 Å². The number of carbonyl (C=O) groups excluding carboxylic acids is 2. The molecule has 0 aliphatic heterocycles. The Hall–Kier alpha value is -5.14. The number of carboxylic acid groups (broad SMARTS) is 1. The average molecular weight is 692 g/mol. The van der Waals surface area contributed by atoms with Gasteiger partial charge >= 0.3 is 6.09 Å². The molecule has 3 aromatic carbocycles. The zero-order valence-electron chi connectivity index (χ0n) is 28.4. The van der Waals surface area contributed by atoms with Gasteiger partial charge in [0.2, 0.25) is 5.89 Å². The molecular formula is C37H43F2N5O6. The van der Waals surface area contributed by atoms with E-state index in [0.29, 0.717) is 25.2 Å². The second-order valence-corrected chi connectivity index (χ2v) is 12.1. The van der Waals surface area contributed by atoms with Crippen LogP contribution < -0.4 is 10.6 Å². The summed E-state index contributed by atoms with van der Waals surface area (Å²) in [6, 6.07) is 13.9. The van der Waals surface area contributed by atoms with Gasteiger partial charge in [0.05, 0.1) is 18.3 Å². The maximum Gasteiger partial charge on any atom is 0.407 e. The second-order valence-electron chi connectivity index (χ2n) is 12.1. The fraction of sp³-hybridized carbons (Fsp3) is 0.351. The highest BCUT2D eigenvalue weighted by Gasteiger charge is 2.25. The Labute approximate surface area is 289 Å². The van der Waals surface area contributed by atoms with Crippen LogP contribution in [0, 0.1) is 11.6 Å². The topological polar surface area (TPSA) is 148 Å². The van der Waals surface area contributed by atoms with Gasteiger partial charge in [-0.05, 0) is 66.3 Å². The summed E-state index contributed by atoms with van der Waals surface area (Å²) in [5.41, 5.74) is 2.61. The van der Waals surface area contributed by atoms with Crippen molar-refractivity contribution in [1.82, 2.24) is 25.4 Å². The van der Waals surface area contributed by atoms with Gasteiger partial charge in [0.15, 0.2) is 0 Å². The maximum absolute atomic E-state index is 14.1. The first-order chi connectivity index (χ1) is 24.0. The Kier molecular flexibility index (Phi) is 13.6. The molecule has 13 heteroatoms. The molecule has 3 amide bonds. The Morgan fingerprint density at radius 3 is 2.24 bits per heavy atom. The number of amides is 3. The van der Waals surface area contributed by atoms with Gasteiger partial charge in [0.1, 0.15) is 17.9 Å². The van der Waals surface area contributed by atoms with Crippen molar-refractivity contribution in [3.63, 3.8) is 0 Å². The molecule has 266 valence electrons. The number of hydrogen-bond acceptors (Lipinski definition) is 7. The monoisotopic (exact) mass is 691 g/mol. The molecule has 0 unspecified atom stereocenters. The number of rotatable bonds is 17. The predicted octanol–water partition coefficient (Wildman–Crippen LogP) is 5.48. The van der Waals surface area contributed by atoms with E-state index in [-0.39, 0.29) is 48.0 Å². The Morgan fingerprint density at radius 2 is 1.60 bits per heavy atom. The number of hydrogen-bond donors (Lipinski definition) is 4. The van der Waals surface area contributed by atoms with Gasteiger partial charge in [-0.15, -0.1) is 0 Å². The van der Waals surface area contributed by atoms with E-state index >= 15 is 0 Å². The summed E-state index contributed by atoms with van der Waals surface area (Å²) in [6.45, 7) is 5.52. The minimum Gasteiger partial charge on any atom is -0.465 e. The first kappa shape index (κ1) is 37.7. The van der Waals surface area contributed by atoms with Crippen LogP contribution in [-0.2, 0) is 19.5 Å². The van der Waals surface area contributed by atoms with E-state index in [4.69, 9.17) is 4.42 Å². The molecule has 0 bridgehead atoms. The third kappa shape index (κ3) is 10.7. The van der Waals surface area contributed by atoms with Gasteiger partial charge < -0.3 is 35.1 Å². The number of nitrogens with zero attached hydrogens (tertiary/aromatic N) is 3. The first-order valence-corrected chi connectivity index (χ1v) is 16.5. The largest absolute Gasteiger partial charge is 0.465 e. The Balaban J connectivity index is 1.57. The van der Waals surface area contributed by atoms with Crippen LogP contribution in [0.3, 0.4) is 0 Å². The molecule has 0 saturated heterocycles. The molecule has 1 heterocycles. The van der Waals surface area contributed by atoms with Crippen LogP contribution >= 0.6 is 0 Å². The number of aromatic nitrogens is 1. The number of oxazole rings is 1. The van der Waals surface area contributed by atoms with Crippen molar-refractivity contribution in [2.75, 3.05) is 26.7 Å². The van der Waals surface area contributed by atoms with E-state index in [1.807, 2.05) is 32.0 Å². The smallest absolute Gasteiger partial charge is 0.407 e. The highest BCUT2D eigenvalue weighted by Crippen LogP contribution is 2.23. The Bertz CT molecular complexity index is 1730. The Morgan fingerprint density at radius 1 is 0.920 bits per heavy atom. The summed E-state index contributed by atoms with van der Waals surface area (Å²) in [5.74, 6) is -2.26. The van der Waals surface area contributed by atoms with Crippen molar-refractivity contribution in [1.29, 1.82) is 0 Å². The highest BCUT2D eigenvalue weighted by atomic mass is 19.1. The zero-order chi connectivity index (χ0) is 36.2. The SMILES string of the molecule is CCCN(CCC)C(=O)c1cc(C(=O)N[C@@H](Cc2cc(F)cc(F)c2)[C@H](O)CNCc2cccc(CN(C)C(=O)O)c2)cc(-c2ncco2)c1. The normalized spacial score (nSPS) is 12.3. The molecule has 1 aromatic heterocycles. The number of halogens is 2. The lowest BCUT2D eigenvalue weighted by atomic mass is 9.99. The summed E-state index contributed by atoms with van der Waals surface area (Å²) >= 11 is 0. The van der Waals surface area contributed by atoms with Gasteiger partial charge in [0, 0.05) is 62.5 Å². The summed E-state index contributed by atoms with van der Waals surface area (Å²) in [5, 5.41) is 26.5. The lowest BCUT2D eigenvalue weighted by Crippen LogP contribution is -2.48. The van der Waals surface area contributed by atoms with Crippen LogP contribution in [0.4, 0.5) is 13.6 Å². The van der Waals surface area contributed by atoms with Crippen molar-refractivity contribution >= 4 is 17.9 Å². The molecule has 0 fully saturated rings. The number of nitrogens with one attached hydrogen (secondary N) is 2. The van der Waals surface area contributed by atoms with E-state index in [0.717, 1.165) is 47.1 Å². The highest BCUT2D eigenvalue weighted by molar-refractivity contribution is 6.01. The standard InChI is InChI=1S/C37H43F2N5O6/c1-4-10-44(11-5-2)36(47)29-18-27(17-28(19-29)35-41-9-12-50-35)34(46)42-32(16-26-14-30(38)20-31(39)15-26)33(45)22-40-21-24-7-6-8-25(13-24)23-43(3)37(48)49/h6-9,12-15,17-20,32-33,40,45H,4-5,10-11,16,21-23H2,1-3H3,(H,42,46)(H,48,49)/t32-,33+/m0/s1. The summed E-state index contributed by atoms with van der Waals surface area (Å²) in [4.78, 5) is 45.7. The summed E-state index contributed by atoms with van der Waals surface area (Å²) < 4.78 is 33.7. The molecule has 0 aliphatic carbocycles. The van der Waals surface area contributed by atoms with Crippen LogP contribution in [0.2, 0.25) is 0 Å². The van der Waals surface area contributed by atoms with Gasteiger partial charge in [-0.3, -0.25) is 9.59 Å². The number of carbonyl (C=O) groups is 3. The lowest BCUT2D eigenvalue weighted by Gasteiger charge is -2.25. The molecule has 2 atom stereocenters. The van der Waals surface area contributed by atoms with Crippen molar-refractivity contribution < 1.29 is 37.8 Å². The second kappa shape index (κ2) is 18.0. The van der Waals surface area contributed by atoms with Crippen LogP contribution in [0.5, 0.6) is 0 Å². The van der Waals surface area contributed by atoms with Crippen LogP contribution in [0.1, 0.15) is 64.1 Å². The van der Waals surface area contributed by atoms with Crippen LogP contribution in [-0.4, -0.2) is 81.7 Å². The third-order valence-corrected chi connectivity index (χ3v) is 7.97. The van der Waals surface area contributed by atoms with Crippen molar-refractivity contribution in [3.05, 3.63) is 113 Å². The van der Waals surface area contributed by atoms with Gasteiger partial charge in [0.25, 0.3) is 11.8 Å². The molecule has 0 saturated carbocycles. The lowest BCUT2D eigenvalue weighted by molar-refractivity contribution is 0.0755. The van der Waals surface area contributed by atoms with Gasteiger partial charge in [-0.1, -0.05) is 38.1 Å². The predicted molar refractivity (Wildman–Crippen MR) is 183 cm³/mol. The number of aliphatic hydroxyl groups is 1. The minimum absolute atomic E-state index is 0.00884. The number of aliphatic hydroxyl groups excluding tert-OH is 1. The molecule has 11 nitrogen and oxygen atoms in total. The third-order valence-electron chi connectivity index (χ3n) is 7.97. The van der Waals surface area contributed by atoms with Crippen LogP contribution in [0.15, 0.2) is 77.5 Å². The molecule has 0 radical (unpaired) electrons. The van der Waals surface area contributed by atoms with Crippen molar-refractivity contribution in [3.8, 4) is 11.5 Å². The van der Waals surface area contributed by atoms with E-state index in [9.17, 15) is 33.4 Å². The molecule has 4 N–H and O–H groups in total. The zero-order valence-corrected chi connectivity index (χ0v) is 28.4. The van der Waals surface area contributed by atoms with Crippen molar-refractivity contribution in [2.24, 2.45) is 0 Å². The number of benzene rings is 3. The van der Waals surface area contributed by atoms with Crippen LogP contribution in [0.25, 0.3) is 11.5 Å². The fourth-order valence-corrected chi connectivity index (χ4v) is 5.61. The minimum atomic E-state index is -1.22. The maximum atomic E-state index is 14.1. The van der Waals surface area contributed by atoms with Crippen molar-refractivity contribution in [2.45, 2.75) is 58.3 Å². The quantitative estimate of drug-likeness (QED) is 0.114. The first-order valence-electron chi connectivity index (χ1n) is 16.5. The molecular weight excluding hydrogens is 648 g/mol. The molecule has 0 aliphatic rings. The van der Waals surface area contributed by atoms with E-state index in [1.165, 1.54) is 31.6 Å². The fourth-order valence-electron chi connectivity index (χ4n) is 5.61. The van der Waals surface area contributed by atoms with E-state index < -0.39 is 35.8 Å². The average Bonchev–Trinajstić information content (AvgIpc) is 3.62. The molecule has 4 aromatic rings. The van der Waals surface area contributed by atoms with Gasteiger partial charge in [-0.25, -0.2) is 18.6 Å². The van der Waals surface area contributed by atoms with E-state index in [1.54, 1.807) is 17.0 Å². The summed E-state index contributed by atoms with van der Waals surface area (Å²) in [7, 11) is 1.47. The summed E-state index contributed by atoms with van der Waals surface area (Å²) in [6.07, 6.45) is 1.96. The molecule has 4 rings (SSSR count). The molecule has 50 heavy (non-hydrogen) atoms. The molecule has 0 spiro atoms.